The number of benzene rings is 13. The van der Waals surface area contributed by atoms with Crippen LogP contribution in [0.25, 0.3) is 11.1 Å². The molecule has 0 fully saturated rings. The number of hydrogen-bond donors (Lipinski definition) is 0. The first-order chi connectivity index (χ1) is 43.6. The van der Waals surface area contributed by atoms with Crippen LogP contribution in [0.3, 0.4) is 0 Å². The Balaban J connectivity index is 0.994. The molecule has 0 bridgehead atoms. The van der Waals surface area contributed by atoms with Crippen LogP contribution in [0.4, 0.5) is 89.7 Å². The molecule has 4 aliphatic heterocycles. The van der Waals surface area contributed by atoms with Gasteiger partial charge in [0.2, 0.25) is 6.71 Å². The van der Waals surface area contributed by atoms with E-state index in [1.54, 1.807) is 11.8 Å². The number of hydrogen-bond acceptors (Lipinski definition) is 6. The maximum atomic E-state index is 20.6. The van der Waals surface area contributed by atoms with E-state index in [4.69, 9.17) is 0 Å². The van der Waals surface area contributed by atoms with E-state index >= 15 is 4.39 Å². The van der Waals surface area contributed by atoms with Gasteiger partial charge in [-0.15, -0.1) is 0 Å². The number of aryl methyl sites for hydroxylation is 1. The molecular formula is C79H54B2FN5S. The van der Waals surface area contributed by atoms with E-state index in [0.717, 1.165) is 134 Å². The van der Waals surface area contributed by atoms with Crippen LogP contribution in [0.5, 0.6) is 0 Å². The first kappa shape index (κ1) is 51.7. The van der Waals surface area contributed by atoms with Crippen LogP contribution in [0.15, 0.2) is 319 Å². The molecule has 0 aromatic heterocycles. The Bertz CT molecular complexity index is 4750. The van der Waals surface area contributed by atoms with Crippen LogP contribution in [-0.2, 0) is 0 Å². The van der Waals surface area contributed by atoms with Crippen molar-refractivity contribution in [3.63, 3.8) is 0 Å². The second-order valence-corrected chi connectivity index (χ2v) is 24.0. The average Bonchev–Trinajstić information content (AvgIpc) is 0.727. The van der Waals surface area contributed by atoms with Crippen LogP contribution >= 0.6 is 11.8 Å². The zero-order valence-corrected chi connectivity index (χ0v) is 48.9. The monoisotopic (exact) mass is 1150 g/mol. The Hall–Kier alpha value is -10.7. The summed E-state index contributed by atoms with van der Waals surface area (Å²) in [5, 5.41) is 0. The van der Waals surface area contributed by atoms with Gasteiger partial charge in [-0.25, -0.2) is 4.39 Å². The smallest absolute Gasteiger partial charge is 0.252 e. The summed E-state index contributed by atoms with van der Waals surface area (Å²) in [5.41, 5.74) is 24.2. The number of halogens is 1. The predicted molar refractivity (Wildman–Crippen MR) is 370 cm³/mol. The first-order valence-electron chi connectivity index (χ1n) is 30.1. The van der Waals surface area contributed by atoms with E-state index in [1.807, 2.05) is 0 Å². The number of anilines is 15. The number of rotatable bonds is 10. The summed E-state index contributed by atoms with van der Waals surface area (Å²) in [7, 11) is 0. The molecule has 0 aliphatic carbocycles. The maximum Gasteiger partial charge on any atom is 0.252 e. The van der Waals surface area contributed by atoms with E-state index in [2.05, 4.69) is 341 Å². The fourth-order valence-electron chi connectivity index (χ4n) is 14.4. The molecule has 0 unspecified atom stereocenters. The van der Waals surface area contributed by atoms with Gasteiger partial charge in [0, 0.05) is 83.6 Å². The van der Waals surface area contributed by atoms with E-state index in [-0.39, 0.29) is 19.2 Å². The van der Waals surface area contributed by atoms with Gasteiger partial charge < -0.3 is 24.5 Å². The van der Waals surface area contributed by atoms with Crippen molar-refractivity contribution < 1.29 is 4.39 Å². The first-order valence-corrected chi connectivity index (χ1v) is 30.9. The van der Waals surface area contributed by atoms with E-state index in [1.165, 1.54) is 0 Å². The van der Waals surface area contributed by atoms with E-state index < -0.39 is 0 Å². The van der Waals surface area contributed by atoms with Crippen molar-refractivity contribution in [3.05, 3.63) is 321 Å². The molecule has 0 saturated carbocycles. The highest BCUT2D eigenvalue weighted by atomic mass is 32.2. The van der Waals surface area contributed by atoms with Gasteiger partial charge >= 0.3 is 0 Å². The van der Waals surface area contributed by atoms with Crippen LogP contribution in [-0.4, -0.2) is 13.4 Å². The van der Waals surface area contributed by atoms with Crippen LogP contribution in [0.2, 0.25) is 0 Å². The predicted octanol–water partition coefficient (Wildman–Crippen LogP) is 17.6. The quantitative estimate of drug-likeness (QED) is 0.126. The van der Waals surface area contributed by atoms with Crippen molar-refractivity contribution in [2.45, 2.75) is 16.7 Å². The Morgan fingerprint density at radius 2 is 0.739 bits per heavy atom. The number of nitrogens with zero attached hydrogens (tertiary/aromatic N) is 5. The minimum absolute atomic E-state index is 0.244. The van der Waals surface area contributed by atoms with Gasteiger partial charge in [-0.05, 0) is 155 Å². The SMILES string of the molecule is Cc1cccc(-c2ccccc2)c1N1c2cc(N(c3ccccc3)c3ccccc3)cc3c2B(c2ccccc2N3c2ccccc2)c2cc3c(c(F)c21)Sc1cc(N(c2ccccc2)c2ccccc2)cc2c1B3c1ccccc1N2c1ccccc1. The normalized spacial score (nSPS) is 13.0. The lowest BCUT2D eigenvalue weighted by molar-refractivity contribution is 0.606. The van der Waals surface area contributed by atoms with Crippen molar-refractivity contribution in [2.24, 2.45) is 0 Å². The van der Waals surface area contributed by atoms with Gasteiger partial charge in [0.15, 0.2) is 5.82 Å². The third-order valence-electron chi connectivity index (χ3n) is 18.0. The fourth-order valence-corrected chi connectivity index (χ4v) is 15.6. The number of fused-ring (bicyclic) bond motifs is 8. The molecule has 13 aromatic rings. The molecule has 0 atom stereocenters. The average molecular weight is 1150 g/mol. The lowest BCUT2D eigenvalue weighted by Gasteiger charge is -2.46. The van der Waals surface area contributed by atoms with Crippen LogP contribution < -0.4 is 57.3 Å². The van der Waals surface area contributed by atoms with Crippen molar-refractivity contribution in [1.29, 1.82) is 0 Å². The highest BCUT2D eigenvalue weighted by molar-refractivity contribution is 8.00. The zero-order chi connectivity index (χ0) is 58.4. The van der Waals surface area contributed by atoms with Gasteiger partial charge in [-0.2, -0.15) is 0 Å². The third-order valence-corrected chi connectivity index (χ3v) is 19.1. The second kappa shape index (κ2) is 21.1. The van der Waals surface area contributed by atoms with E-state index in [0.29, 0.717) is 10.6 Å². The van der Waals surface area contributed by atoms with E-state index in [9.17, 15) is 0 Å². The molecule has 0 N–H and O–H groups in total. The summed E-state index contributed by atoms with van der Waals surface area (Å²) in [6.07, 6.45) is 0. The Morgan fingerprint density at radius 3 is 1.24 bits per heavy atom. The molecule has 5 nitrogen and oxygen atoms in total. The molecule has 0 spiro atoms. The molecule has 0 amide bonds. The van der Waals surface area contributed by atoms with Gasteiger partial charge in [-0.1, -0.05) is 217 Å². The molecule has 17 rings (SSSR count). The molecule has 9 heteroatoms. The van der Waals surface area contributed by atoms with Gasteiger partial charge in [0.05, 0.1) is 17.1 Å². The summed E-state index contributed by atoms with van der Waals surface area (Å²) in [5.74, 6) is -0.244. The molecule has 4 heterocycles. The Labute approximate surface area is 517 Å². The number of para-hydroxylation sites is 9. The second-order valence-electron chi connectivity index (χ2n) is 22.9. The van der Waals surface area contributed by atoms with Crippen molar-refractivity contribution >= 4 is 143 Å². The summed E-state index contributed by atoms with van der Waals surface area (Å²) >= 11 is 1.57. The molecule has 414 valence electrons. The van der Waals surface area contributed by atoms with Gasteiger partial charge in [0.1, 0.15) is 0 Å². The Kier molecular flexibility index (Phi) is 12.4. The molecule has 0 radical (unpaired) electrons. The van der Waals surface area contributed by atoms with Gasteiger partial charge in [-0.3, -0.25) is 0 Å². The summed E-state index contributed by atoms with van der Waals surface area (Å²) in [6.45, 7) is 1.47. The minimum atomic E-state index is -0.384. The highest BCUT2D eigenvalue weighted by Gasteiger charge is 2.49. The fraction of sp³-hybridized carbons (Fsp3) is 0.0127. The molecule has 4 aliphatic rings. The maximum absolute atomic E-state index is 20.6. The van der Waals surface area contributed by atoms with Crippen molar-refractivity contribution in [2.75, 3.05) is 24.5 Å². The largest absolute Gasteiger partial charge is 0.311 e. The molecule has 13 aromatic carbocycles. The molecular weight excluding hydrogens is 1090 g/mol. The topological polar surface area (TPSA) is 16.2 Å². The standard InChI is InChI=1S/C79H54B2FN5S/c1-53-28-27-43-63(54-29-9-2-10-30-54)77(53)87-71-49-61(83(55-31-11-3-12-32-55)56-33-13-4-14-34-56)48-70-74(71)80(64-44-23-25-46-68(64)85(70)59-39-19-7-20-40-59)66-52-67-79(76(82)78(66)87)88-73-51-62(84(57-35-15-5-16-36-57)58-37-17-6-18-38-58)50-72-75(73)81(67)65-45-24-26-47-69(65)86(72)60-41-21-8-22-42-60/h2-52H,1H3. The van der Waals surface area contributed by atoms with Crippen molar-refractivity contribution in [1.82, 2.24) is 0 Å². The minimum Gasteiger partial charge on any atom is -0.311 e. The highest BCUT2D eigenvalue weighted by Crippen LogP contribution is 2.53. The molecule has 0 saturated heterocycles. The third kappa shape index (κ3) is 8.18. The van der Waals surface area contributed by atoms with Crippen molar-refractivity contribution in [3.8, 4) is 11.1 Å². The lowest BCUT2D eigenvalue weighted by Crippen LogP contribution is -2.65. The molecule has 88 heavy (non-hydrogen) atoms. The summed E-state index contributed by atoms with van der Waals surface area (Å²) < 4.78 is 20.6. The van der Waals surface area contributed by atoms with Crippen LogP contribution in [0.1, 0.15) is 5.56 Å². The summed E-state index contributed by atoms with van der Waals surface area (Å²) in [4.78, 5) is 13.5. The zero-order valence-electron chi connectivity index (χ0n) is 48.1. The Morgan fingerprint density at radius 1 is 0.330 bits per heavy atom. The van der Waals surface area contributed by atoms with Gasteiger partial charge in [0.25, 0.3) is 6.71 Å². The lowest BCUT2D eigenvalue weighted by atomic mass is 9.31. The van der Waals surface area contributed by atoms with Crippen LogP contribution in [0, 0.1) is 12.7 Å². The summed E-state index contributed by atoms with van der Waals surface area (Å²) in [6, 6.07) is 110.